The van der Waals surface area contributed by atoms with Crippen LogP contribution in [0.5, 0.6) is 0 Å². The summed E-state index contributed by atoms with van der Waals surface area (Å²) in [6, 6.07) is 0. The Kier molecular flexibility index (Phi) is 13.7. The Morgan fingerprint density at radius 2 is 1.96 bits per heavy atom. The Balaban J connectivity index is 1.82. The van der Waals surface area contributed by atoms with Crippen LogP contribution in [0.4, 0.5) is 0 Å². The second kappa shape index (κ2) is 17.0. The molecule has 0 spiro atoms. The van der Waals surface area contributed by atoms with E-state index >= 15 is 0 Å². The molecule has 10 nitrogen and oxygen atoms in total. The standard InChI is InChI=1S/C36H51NO9/c1-22(17-28-21-44-26(5)37-28)11-9-12-24(3)35(43-8)25(4)30-20-31(39)36(6)32(46-36)16-15-23(2)29(38)18-27(19-34(41)42-7)13-10-14-33(40)45-30/h9-12,14-17,21,23,25,27,29-32,35,38-39H,13,18-20H2,1-8H3/t23-,25+,27-,29-,30?,31+,32-,35+,36+/m1/s1. The fourth-order valence-electron chi connectivity index (χ4n) is 5.83. The highest BCUT2D eigenvalue weighted by Crippen LogP contribution is 2.43. The van der Waals surface area contributed by atoms with Gasteiger partial charge in [-0.25, -0.2) is 9.78 Å². The number of fused-ring (bicyclic) bond motifs is 1. The Morgan fingerprint density at radius 3 is 2.61 bits per heavy atom. The number of carbonyl (C=O) groups excluding carboxylic acids is 2. The number of rotatable bonds is 9. The maximum absolute atomic E-state index is 13.1. The highest BCUT2D eigenvalue weighted by molar-refractivity contribution is 5.82. The number of oxazole rings is 1. The van der Waals surface area contributed by atoms with Gasteiger partial charge in [0.25, 0.3) is 0 Å². The summed E-state index contributed by atoms with van der Waals surface area (Å²) >= 11 is 0. The summed E-state index contributed by atoms with van der Waals surface area (Å²) in [7, 11) is 2.94. The van der Waals surface area contributed by atoms with Gasteiger partial charge in [0.2, 0.25) is 0 Å². The molecule has 9 atom stereocenters. The summed E-state index contributed by atoms with van der Waals surface area (Å²) in [5, 5.41) is 22.2. The fourth-order valence-corrected chi connectivity index (χ4v) is 5.83. The number of aryl methyl sites for hydroxylation is 1. The molecule has 46 heavy (non-hydrogen) atoms. The van der Waals surface area contributed by atoms with Crippen molar-refractivity contribution < 1.29 is 43.2 Å². The number of ether oxygens (including phenoxy) is 4. The number of methoxy groups -OCH3 is 2. The highest BCUT2D eigenvalue weighted by Gasteiger charge is 2.57. The van der Waals surface area contributed by atoms with Gasteiger partial charge in [-0.1, -0.05) is 50.3 Å². The van der Waals surface area contributed by atoms with Gasteiger partial charge < -0.3 is 33.6 Å². The van der Waals surface area contributed by atoms with E-state index in [1.807, 2.05) is 71.1 Å². The van der Waals surface area contributed by atoms with Crippen LogP contribution in [0.3, 0.4) is 0 Å². The van der Waals surface area contributed by atoms with Crippen molar-refractivity contribution in [2.45, 2.75) is 103 Å². The molecule has 3 rings (SSSR count). The molecule has 3 heterocycles. The van der Waals surface area contributed by atoms with E-state index in [9.17, 15) is 19.8 Å². The van der Waals surface area contributed by atoms with Crippen molar-refractivity contribution in [3.8, 4) is 0 Å². The molecule has 2 N–H and O–H groups in total. The lowest BCUT2D eigenvalue weighted by Gasteiger charge is -2.32. The van der Waals surface area contributed by atoms with Crippen LogP contribution in [0.15, 0.2) is 64.4 Å². The van der Waals surface area contributed by atoms with E-state index in [4.69, 9.17) is 23.4 Å². The normalized spacial score (nSPS) is 31.3. The molecule has 2 aliphatic rings. The lowest BCUT2D eigenvalue weighted by Crippen LogP contribution is -2.41. The lowest BCUT2D eigenvalue weighted by molar-refractivity contribution is -0.150. The smallest absolute Gasteiger partial charge is 0.330 e. The molecule has 0 aromatic carbocycles. The molecule has 1 aromatic rings. The van der Waals surface area contributed by atoms with Gasteiger partial charge in [0.1, 0.15) is 29.8 Å². The highest BCUT2D eigenvalue weighted by atomic mass is 16.6. The van der Waals surface area contributed by atoms with Gasteiger partial charge >= 0.3 is 11.9 Å². The first-order valence-corrected chi connectivity index (χ1v) is 15.9. The van der Waals surface area contributed by atoms with Crippen LogP contribution in [0.2, 0.25) is 0 Å². The van der Waals surface area contributed by atoms with Gasteiger partial charge in [0.05, 0.1) is 25.4 Å². The molecule has 0 radical (unpaired) electrons. The minimum absolute atomic E-state index is 0.115. The third-order valence-electron chi connectivity index (χ3n) is 8.95. The van der Waals surface area contributed by atoms with Crippen molar-refractivity contribution in [1.82, 2.24) is 4.98 Å². The topological polar surface area (TPSA) is 141 Å². The van der Waals surface area contributed by atoms with Crippen LogP contribution in [-0.2, 0) is 28.5 Å². The van der Waals surface area contributed by atoms with E-state index < -0.39 is 36.0 Å². The molecule has 0 saturated carbocycles. The number of aliphatic hydroxyl groups excluding tert-OH is 2. The van der Waals surface area contributed by atoms with Crippen molar-refractivity contribution in [3.63, 3.8) is 0 Å². The minimum atomic E-state index is -0.932. The molecule has 1 unspecified atom stereocenters. The summed E-state index contributed by atoms with van der Waals surface area (Å²) < 4.78 is 27.9. The first kappa shape index (κ1) is 37.2. The molecule has 0 bridgehead atoms. The predicted octanol–water partition coefficient (Wildman–Crippen LogP) is 5.44. The van der Waals surface area contributed by atoms with Gasteiger partial charge in [-0.3, -0.25) is 4.79 Å². The molecular weight excluding hydrogens is 590 g/mol. The third kappa shape index (κ3) is 10.6. The first-order valence-electron chi connectivity index (χ1n) is 15.9. The molecule has 2 aliphatic heterocycles. The second-order valence-corrected chi connectivity index (χ2v) is 12.7. The Hall–Kier alpha value is -3.31. The number of carbonyl (C=O) groups is 2. The van der Waals surface area contributed by atoms with E-state index in [1.54, 1.807) is 26.4 Å². The largest absolute Gasteiger partial charge is 0.469 e. The SMILES string of the molecule is COC(=O)C[C@@H]1CC=CC(=O)OC([C@H](C)[C@@H](OC)C(C)=CC=CC(C)=Cc2coc(C)n2)C[C@H](O)[C@]2(C)O[C@@H]2C=C[C@@H](C)[C@H](O)C1. The van der Waals surface area contributed by atoms with Crippen LogP contribution in [-0.4, -0.2) is 77.5 Å². The summed E-state index contributed by atoms with van der Waals surface area (Å²) in [6.45, 7) is 11.4. The van der Waals surface area contributed by atoms with Gasteiger partial charge in [0, 0.05) is 44.8 Å². The second-order valence-electron chi connectivity index (χ2n) is 12.7. The number of esters is 2. The zero-order valence-electron chi connectivity index (χ0n) is 28.3. The fraction of sp³-hybridized carbons (Fsp3) is 0.583. The molecule has 1 saturated heterocycles. The molecule has 0 aliphatic carbocycles. The zero-order chi connectivity index (χ0) is 34.0. The molecular formula is C36H51NO9. The minimum Gasteiger partial charge on any atom is -0.469 e. The number of aliphatic hydroxyl groups is 2. The van der Waals surface area contributed by atoms with E-state index in [0.717, 1.165) is 16.8 Å². The van der Waals surface area contributed by atoms with Gasteiger partial charge in [-0.15, -0.1) is 0 Å². The Labute approximate surface area is 272 Å². The van der Waals surface area contributed by atoms with E-state index in [-0.39, 0.29) is 42.7 Å². The van der Waals surface area contributed by atoms with E-state index in [2.05, 4.69) is 4.98 Å². The lowest BCUT2D eigenvalue weighted by atomic mass is 9.85. The van der Waals surface area contributed by atoms with E-state index in [0.29, 0.717) is 18.7 Å². The van der Waals surface area contributed by atoms with Crippen LogP contribution in [0.25, 0.3) is 6.08 Å². The number of cyclic esters (lactones) is 1. The van der Waals surface area contributed by atoms with Crippen molar-refractivity contribution >= 4 is 18.0 Å². The summed E-state index contributed by atoms with van der Waals surface area (Å²) in [5.74, 6) is -1.11. The first-order chi connectivity index (χ1) is 21.8. The molecule has 10 heteroatoms. The monoisotopic (exact) mass is 641 g/mol. The summed E-state index contributed by atoms with van der Waals surface area (Å²) in [4.78, 5) is 29.4. The number of hydrogen-bond acceptors (Lipinski definition) is 10. The van der Waals surface area contributed by atoms with Crippen LogP contribution in [0, 0.1) is 24.7 Å². The van der Waals surface area contributed by atoms with Crippen molar-refractivity contribution in [2.75, 3.05) is 14.2 Å². The van der Waals surface area contributed by atoms with Gasteiger partial charge in [-0.2, -0.15) is 0 Å². The molecule has 254 valence electrons. The van der Waals surface area contributed by atoms with Crippen molar-refractivity contribution in [3.05, 3.63) is 71.5 Å². The van der Waals surface area contributed by atoms with Gasteiger partial charge in [-0.05, 0) is 56.8 Å². The molecule has 1 aromatic heterocycles. The average Bonchev–Trinajstić information content (AvgIpc) is 3.51. The maximum atomic E-state index is 13.1. The van der Waals surface area contributed by atoms with E-state index in [1.165, 1.54) is 13.2 Å². The number of aromatic nitrogens is 1. The Bertz CT molecular complexity index is 1320. The maximum Gasteiger partial charge on any atom is 0.330 e. The van der Waals surface area contributed by atoms with Crippen LogP contribution < -0.4 is 0 Å². The molecule has 0 amide bonds. The summed E-state index contributed by atoms with van der Waals surface area (Å²) in [5.41, 5.74) is 1.78. The molecule has 1 fully saturated rings. The number of nitrogens with zero attached hydrogens (tertiary/aromatic N) is 1. The average molecular weight is 642 g/mol. The van der Waals surface area contributed by atoms with Gasteiger partial charge in [0.15, 0.2) is 5.89 Å². The number of allylic oxidation sites excluding steroid dienone is 5. The van der Waals surface area contributed by atoms with Crippen molar-refractivity contribution in [2.24, 2.45) is 17.8 Å². The Morgan fingerprint density at radius 1 is 1.22 bits per heavy atom. The number of hydrogen-bond donors (Lipinski definition) is 2. The van der Waals surface area contributed by atoms with Crippen LogP contribution >= 0.6 is 0 Å². The zero-order valence-corrected chi connectivity index (χ0v) is 28.3. The van der Waals surface area contributed by atoms with Crippen molar-refractivity contribution in [1.29, 1.82) is 0 Å². The number of epoxide rings is 1. The predicted molar refractivity (Wildman–Crippen MR) is 174 cm³/mol. The third-order valence-corrected chi connectivity index (χ3v) is 8.95. The summed E-state index contributed by atoms with van der Waals surface area (Å²) in [6.07, 6.45) is 14.0. The van der Waals surface area contributed by atoms with Crippen LogP contribution in [0.1, 0.15) is 71.9 Å². The quantitative estimate of drug-likeness (QED) is 0.155.